The first kappa shape index (κ1) is 18.6. The maximum Gasteiger partial charge on any atom is 0.233 e. The molecule has 130 valence electrons. The van der Waals surface area contributed by atoms with E-state index >= 15 is 0 Å². The zero-order chi connectivity index (χ0) is 17.7. The van der Waals surface area contributed by atoms with Crippen molar-refractivity contribution in [2.24, 2.45) is 0 Å². The molecule has 0 aliphatic heterocycles. The Balaban J connectivity index is 1.74. The van der Waals surface area contributed by atoms with Crippen molar-refractivity contribution >= 4 is 17.7 Å². The average molecular weight is 346 g/mol. The van der Waals surface area contributed by atoms with Gasteiger partial charge in [0.05, 0.1) is 10.9 Å². The molecular formula is C19H27N3OS. The Morgan fingerprint density at radius 2 is 1.88 bits per heavy atom. The number of amides is 1. The minimum Gasteiger partial charge on any atom is -0.355 e. The summed E-state index contributed by atoms with van der Waals surface area (Å²) < 4.78 is 2.03. The van der Waals surface area contributed by atoms with Gasteiger partial charge >= 0.3 is 0 Å². The highest BCUT2D eigenvalue weighted by atomic mass is 32.2. The van der Waals surface area contributed by atoms with Crippen molar-refractivity contribution in [3.8, 4) is 0 Å². The third kappa shape index (κ3) is 4.87. The largest absolute Gasteiger partial charge is 0.355 e. The summed E-state index contributed by atoms with van der Waals surface area (Å²) >= 11 is 1.59. The van der Waals surface area contributed by atoms with Crippen molar-refractivity contribution in [2.45, 2.75) is 57.7 Å². The lowest BCUT2D eigenvalue weighted by Crippen LogP contribution is -2.32. The fraction of sp³-hybridized carbons (Fsp3) is 0.474. The van der Waals surface area contributed by atoms with E-state index in [-0.39, 0.29) is 11.2 Å². The Labute approximate surface area is 149 Å². The Kier molecular flexibility index (Phi) is 6.49. The number of carbonyl (C=O) groups excluding carboxylic acids is 1. The zero-order valence-electron chi connectivity index (χ0n) is 15.2. The Hall–Kier alpha value is -1.75. The van der Waals surface area contributed by atoms with Crippen molar-refractivity contribution in [3.05, 3.63) is 46.8 Å². The molecule has 0 saturated heterocycles. The van der Waals surface area contributed by atoms with Crippen molar-refractivity contribution in [2.75, 3.05) is 6.54 Å². The molecule has 0 saturated carbocycles. The van der Waals surface area contributed by atoms with Crippen LogP contribution in [0, 0.1) is 27.7 Å². The third-order valence-electron chi connectivity index (χ3n) is 4.29. The minimum atomic E-state index is -0.0939. The minimum absolute atomic E-state index is 0.0881. The number of thioether (sulfide) groups is 1. The number of carbonyl (C=O) groups is 1. The van der Waals surface area contributed by atoms with Gasteiger partial charge in [0, 0.05) is 23.7 Å². The van der Waals surface area contributed by atoms with Crippen LogP contribution in [0.15, 0.2) is 29.2 Å². The topological polar surface area (TPSA) is 46.9 Å². The van der Waals surface area contributed by atoms with Crippen molar-refractivity contribution < 1.29 is 4.79 Å². The molecule has 24 heavy (non-hydrogen) atoms. The van der Waals surface area contributed by atoms with Gasteiger partial charge in [-0.05, 0) is 58.7 Å². The first-order chi connectivity index (χ1) is 11.4. The lowest BCUT2D eigenvalue weighted by atomic mass is 10.2. The first-order valence-electron chi connectivity index (χ1n) is 8.40. The van der Waals surface area contributed by atoms with Gasteiger partial charge in [-0.2, -0.15) is 5.10 Å². The van der Waals surface area contributed by atoms with Crippen LogP contribution in [-0.4, -0.2) is 27.5 Å². The Morgan fingerprint density at radius 1 is 1.21 bits per heavy atom. The highest BCUT2D eigenvalue weighted by molar-refractivity contribution is 8.00. The third-order valence-corrected chi connectivity index (χ3v) is 5.40. The van der Waals surface area contributed by atoms with Gasteiger partial charge in [-0.25, -0.2) is 0 Å². The molecule has 0 spiro atoms. The fourth-order valence-electron chi connectivity index (χ4n) is 2.46. The summed E-state index contributed by atoms with van der Waals surface area (Å²) in [7, 11) is 0. The lowest BCUT2D eigenvalue weighted by molar-refractivity contribution is -0.120. The average Bonchev–Trinajstić information content (AvgIpc) is 2.80. The lowest BCUT2D eigenvalue weighted by Gasteiger charge is -2.12. The van der Waals surface area contributed by atoms with Gasteiger partial charge in [0.15, 0.2) is 0 Å². The van der Waals surface area contributed by atoms with Crippen LogP contribution >= 0.6 is 11.8 Å². The molecule has 4 nitrogen and oxygen atoms in total. The number of nitrogens with zero attached hydrogens (tertiary/aromatic N) is 2. The predicted octanol–water partition coefficient (Wildman–Crippen LogP) is 3.80. The first-order valence-corrected chi connectivity index (χ1v) is 9.28. The van der Waals surface area contributed by atoms with E-state index in [4.69, 9.17) is 0 Å². The molecule has 1 N–H and O–H groups in total. The van der Waals surface area contributed by atoms with E-state index in [1.165, 1.54) is 16.8 Å². The molecule has 5 heteroatoms. The Morgan fingerprint density at radius 3 is 2.46 bits per heavy atom. The van der Waals surface area contributed by atoms with Crippen LogP contribution in [0.1, 0.15) is 35.9 Å². The zero-order valence-corrected chi connectivity index (χ0v) is 16.0. The van der Waals surface area contributed by atoms with E-state index in [9.17, 15) is 4.79 Å². The highest BCUT2D eigenvalue weighted by Crippen LogP contribution is 2.23. The maximum absolute atomic E-state index is 12.2. The molecule has 0 aliphatic rings. The van der Waals surface area contributed by atoms with Crippen LogP contribution in [0.4, 0.5) is 0 Å². The van der Waals surface area contributed by atoms with Gasteiger partial charge in [-0.1, -0.05) is 17.7 Å². The van der Waals surface area contributed by atoms with Gasteiger partial charge in [-0.15, -0.1) is 11.8 Å². The summed E-state index contributed by atoms with van der Waals surface area (Å²) in [5.41, 5.74) is 4.78. The number of aromatic nitrogens is 2. The number of rotatable bonds is 7. The van der Waals surface area contributed by atoms with Gasteiger partial charge < -0.3 is 5.32 Å². The quantitative estimate of drug-likeness (QED) is 0.613. The normalized spacial score (nSPS) is 12.2. The van der Waals surface area contributed by atoms with E-state index in [0.29, 0.717) is 6.54 Å². The predicted molar refractivity (Wildman–Crippen MR) is 101 cm³/mol. The molecule has 1 aromatic carbocycles. The van der Waals surface area contributed by atoms with E-state index in [2.05, 4.69) is 55.5 Å². The molecular weight excluding hydrogens is 318 g/mol. The molecule has 1 amide bonds. The summed E-state index contributed by atoms with van der Waals surface area (Å²) in [4.78, 5) is 13.3. The molecule has 1 heterocycles. The van der Waals surface area contributed by atoms with E-state index in [1.54, 1.807) is 11.8 Å². The van der Waals surface area contributed by atoms with Crippen molar-refractivity contribution in [3.63, 3.8) is 0 Å². The summed E-state index contributed by atoms with van der Waals surface area (Å²) in [6.07, 6.45) is 0.884. The standard InChI is InChI=1S/C19H27N3OS/c1-13-7-9-18(10-8-13)24-17(5)19(23)20-11-6-12-22-16(4)14(2)15(3)21-22/h7-10,17H,6,11-12H2,1-5H3,(H,20,23). The molecule has 1 unspecified atom stereocenters. The second-order valence-electron chi connectivity index (χ2n) is 6.24. The van der Waals surface area contributed by atoms with Gasteiger partial charge in [0.25, 0.3) is 0 Å². The fourth-order valence-corrected chi connectivity index (χ4v) is 3.35. The summed E-state index contributed by atoms with van der Waals surface area (Å²) in [5.74, 6) is 0.0881. The monoisotopic (exact) mass is 345 g/mol. The summed E-state index contributed by atoms with van der Waals surface area (Å²) in [5, 5.41) is 7.45. The Bertz CT molecular complexity index is 691. The van der Waals surface area contributed by atoms with Crippen LogP contribution in [0.5, 0.6) is 0 Å². The number of nitrogens with one attached hydrogen (secondary N) is 1. The molecule has 0 bridgehead atoms. The summed E-state index contributed by atoms with van der Waals surface area (Å²) in [6.45, 7) is 11.7. The highest BCUT2D eigenvalue weighted by Gasteiger charge is 2.14. The molecule has 2 rings (SSSR count). The van der Waals surface area contributed by atoms with Gasteiger partial charge in [0.2, 0.25) is 5.91 Å². The number of hydrogen-bond acceptors (Lipinski definition) is 3. The van der Waals surface area contributed by atoms with Crippen LogP contribution < -0.4 is 5.32 Å². The SMILES string of the molecule is Cc1ccc(SC(C)C(=O)NCCCn2nc(C)c(C)c2C)cc1. The molecule has 2 aromatic rings. The van der Waals surface area contributed by atoms with Crippen LogP contribution in [-0.2, 0) is 11.3 Å². The second kappa shape index (κ2) is 8.38. The number of benzene rings is 1. The van der Waals surface area contributed by atoms with Gasteiger partial charge in [-0.3, -0.25) is 9.48 Å². The van der Waals surface area contributed by atoms with E-state index in [0.717, 1.165) is 23.6 Å². The number of hydrogen-bond donors (Lipinski definition) is 1. The summed E-state index contributed by atoms with van der Waals surface area (Å²) in [6, 6.07) is 8.27. The van der Waals surface area contributed by atoms with Crippen molar-refractivity contribution in [1.82, 2.24) is 15.1 Å². The van der Waals surface area contributed by atoms with Crippen molar-refractivity contribution in [1.29, 1.82) is 0 Å². The maximum atomic E-state index is 12.2. The molecule has 1 atom stereocenters. The smallest absolute Gasteiger partial charge is 0.233 e. The molecule has 0 fully saturated rings. The van der Waals surface area contributed by atoms with Crippen LogP contribution in [0.25, 0.3) is 0 Å². The van der Waals surface area contributed by atoms with E-state index in [1.807, 2.05) is 18.5 Å². The molecule has 0 radical (unpaired) electrons. The number of aryl methyl sites for hydroxylation is 3. The van der Waals surface area contributed by atoms with Gasteiger partial charge in [0.1, 0.15) is 0 Å². The van der Waals surface area contributed by atoms with Crippen LogP contribution in [0.3, 0.4) is 0 Å². The second-order valence-corrected chi connectivity index (χ2v) is 7.65. The molecule has 0 aliphatic carbocycles. The molecule has 1 aromatic heterocycles. The van der Waals surface area contributed by atoms with E-state index < -0.39 is 0 Å². The van der Waals surface area contributed by atoms with Crippen LogP contribution in [0.2, 0.25) is 0 Å².